The Morgan fingerprint density at radius 3 is 2.62 bits per heavy atom. The highest BCUT2D eigenvalue weighted by molar-refractivity contribution is 6.07. The van der Waals surface area contributed by atoms with Gasteiger partial charge in [-0.2, -0.15) is 0 Å². The number of carbonyl (C=O) groups is 2. The average molecular weight is 391 g/mol. The summed E-state index contributed by atoms with van der Waals surface area (Å²) in [6.45, 7) is 3.21. The molecule has 0 saturated heterocycles. The number of aromatic nitrogens is 1. The SMILES string of the molecule is O=C1COc2ccccc2C(=O)N1CCCCN1CC=C(c2ccccn2)CC1. The minimum atomic E-state index is -0.271. The summed E-state index contributed by atoms with van der Waals surface area (Å²) in [6.07, 6.45) is 6.80. The lowest BCUT2D eigenvalue weighted by molar-refractivity contribution is -0.130. The molecule has 0 bridgehead atoms. The van der Waals surface area contributed by atoms with Crippen molar-refractivity contribution in [3.05, 3.63) is 66.0 Å². The molecule has 0 atom stereocenters. The smallest absolute Gasteiger partial charge is 0.267 e. The van der Waals surface area contributed by atoms with Crippen LogP contribution < -0.4 is 4.74 Å². The standard InChI is InChI=1S/C23H25N3O3/c27-22-17-29-21-9-2-1-7-19(21)23(28)26(22)14-6-5-13-25-15-10-18(11-16-25)20-8-3-4-12-24-20/h1-4,7-10,12H,5-6,11,13-17H2. The van der Waals surface area contributed by atoms with Gasteiger partial charge in [-0.05, 0) is 55.6 Å². The van der Waals surface area contributed by atoms with Gasteiger partial charge in [0.1, 0.15) is 5.75 Å². The van der Waals surface area contributed by atoms with E-state index < -0.39 is 0 Å². The number of hydrogen-bond acceptors (Lipinski definition) is 5. The van der Waals surface area contributed by atoms with E-state index in [1.165, 1.54) is 10.5 Å². The molecule has 0 unspecified atom stereocenters. The van der Waals surface area contributed by atoms with Crippen LogP contribution in [0.5, 0.6) is 5.75 Å². The number of hydrogen-bond donors (Lipinski definition) is 0. The van der Waals surface area contributed by atoms with Crippen LogP contribution in [0.3, 0.4) is 0 Å². The Morgan fingerprint density at radius 2 is 1.83 bits per heavy atom. The first-order valence-corrected chi connectivity index (χ1v) is 10.1. The van der Waals surface area contributed by atoms with E-state index in [0.717, 1.165) is 44.6 Å². The van der Waals surface area contributed by atoms with E-state index in [2.05, 4.69) is 22.0 Å². The molecule has 2 aliphatic rings. The van der Waals surface area contributed by atoms with E-state index in [1.54, 1.807) is 24.3 Å². The molecule has 0 saturated carbocycles. The largest absolute Gasteiger partial charge is 0.483 e. The fraction of sp³-hybridized carbons (Fsp3) is 0.348. The minimum Gasteiger partial charge on any atom is -0.483 e. The fourth-order valence-corrected chi connectivity index (χ4v) is 3.78. The van der Waals surface area contributed by atoms with Crippen LogP contribution in [0, 0.1) is 0 Å². The predicted molar refractivity (Wildman–Crippen MR) is 110 cm³/mol. The molecule has 1 aromatic carbocycles. The Balaban J connectivity index is 1.26. The number of pyridine rings is 1. The maximum absolute atomic E-state index is 12.7. The summed E-state index contributed by atoms with van der Waals surface area (Å²) in [5, 5.41) is 0. The number of para-hydroxylation sites is 1. The lowest BCUT2D eigenvalue weighted by Gasteiger charge is -2.26. The second kappa shape index (κ2) is 9.01. The van der Waals surface area contributed by atoms with Gasteiger partial charge < -0.3 is 4.74 Å². The predicted octanol–water partition coefficient (Wildman–Crippen LogP) is 3.01. The second-order valence-corrected chi connectivity index (χ2v) is 7.34. The average Bonchev–Trinajstić information content (AvgIpc) is 2.89. The Kier molecular flexibility index (Phi) is 6.00. The van der Waals surface area contributed by atoms with Gasteiger partial charge >= 0.3 is 0 Å². The number of unbranched alkanes of at least 4 members (excludes halogenated alkanes) is 1. The van der Waals surface area contributed by atoms with Gasteiger partial charge in [0.05, 0.1) is 11.3 Å². The van der Waals surface area contributed by atoms with Crippen LogP contribution in [0.2, 0.25) is 0 Å². The summed E-state index contributed by atoms with van der Waals surface area (Å²) in [4.78, 5) is 33.2. The van der Waals surface area contributed by atoms with Crippen LogP contribution in [-0.2, 0) is 4.79 Å². The maximum atomic E-state index is 12.7. The molecular weight excluding hydrogens is 366 g/mol. The monoisotopic (exact) mass is 391 g/mol. The molecule has 2 aliphatic heterocycles. The van der Waals surface area contributed by atoms with Crippen molar-refractivity contribution < 1.29 is 14.3 Å². The summed E-state index contributed by atoms with van der Waals surface area (Å²) >= 11 is 0. The first kappa shape index (κ1) is 19.3. The third-order valence-electron chi connectivity index (χ3n) is 5.41. The molecule has 2 aromatic rings. The van der Waals surface area contributed by atoms with Crippen molar-refractivity contribution in [1.82, 2.24) is 14.8 Å². The summed E-state index contributed by atoms with van der Waals surface area (Å²) in [6, 6.07) is 13.0. The molecule has 0 radical (unpaired) electrons. The number of benzene rings is 1. The maximum Gasteiger partial charge on any atom is 0.267 e. The highest BCUT2D eigenvalue weighted by atomic mass is 16.5. The second-order valence-electron chi connectivity index (χ2n) is 7.34. The zero-order chi connectivity index (χ0) is 20.1. The molecule has 1 aromatic heterocycles. The molecule has 0 spiro atoms. The minimum absolute atomic E-state index is 0.0873. The lowest BCUT2D eigenvalue weighted by Crippen LogP contribution is -2.39. The molecule has 0 aliphatic carbocycles. The van der Waals surface area contributed by atoms with Crippen molar-refractivity contribution in [2.75, 3.05) is 32.8 Å². The number of fused-ring (bicyclic) bond motifs is 1. The highest BCUT2D eigenvalue weighted by Gasteiger charge is 2.28. The van der Waals surface area contributed by atoms with Gasteiger partial charge in [-0.15, -0.1) is 0 Å². The molecule has 0 fully saturated rings. The Bertz CT molecular complexity index is 911. The number of amides is 2. The van der Waals surface area contributed by atoms with Crippen molar-refractivity contribution in [3.63, 3.8) is 0 Å². The highest BCUT2D eigenvalue weighted by Crippen LogP contribution is 2.23. The normalized spacial score (nSPS) is 17.4. The van der Waals surface area contributed by atoms with E-state index in [9.17, 15) is 9.59 Å². The van der Waals surface area contributed by atoms with Crippen LogP contribution in [0.4, 0.5) is 0 Å². The summed E-state index contributed by atoms with van der Waals surface area (Å²) < 4.78 is 5.48. The summed E-state index contributed by atoms with van der Waals surface area (Å²) in [7, 11) is 0. The molecular formula is C23H25N3O3. The number of rotatable bonds is 6. The van der Waals surface area contributed by atoms with Crippen molar-refractivity contribution in [2.45, 2.75) is 19.3 Å². The van der Waals surface area contributed by atoms with Gasteiger partial charge in [-0.25, -0.2) is 0 Å². The molecule has 6 heteroatoms. The van der Waals surface area contributed by atoms with Crippen molar-refractivity contribution in [3.8, 4) is 5.75 Å². The first-order chi connectivity index (χ1) is 14.2. The van der Waals surface area contributed by atoms with E-state index in [0.29, 0.717) is 17.9 Å². The third kappa shape index (κ3) is 4.54. The van der Waals surface area contributed by atoms with Crippen molar-refractivity contribution >= 4 is 17.4 Å². The van der Waals surface area contributed by atoms with E-state index in [1.807, 2.05) is 18.3 Å². The van der Waals surface area contributed by atoms with Crippen LogP contribution in [0.25, 0.3) is 5.57 Å². The quantitative estimate of drug-likeness (QED) is 0.560. The number of ether oxygens (including phenoxy) is 1. The van der Waals surface area contributed by atoms with Gasteiger partial charge in [-0.3, -0.25) is 24.4 Å². The zero-order valence-corrected chi connectivity index (χ0v) is 16.4. The van der Waals surface area contributed by atoms with E-state index in [-0.39, 0.29) is 18.4 Å². The zero-order valence-electron chi connectivity index (χ0n) is 16.4. The van der Waals surface area contributed by atoms with Crippen molar-refractivity contribution in [1.29, 1.82) is 0 Å². The summed E-state index contributed by atoms with van der Waals surface area (Å²) in [5.41, 5.74) is 2.83. The summed E-state index contributed by atoms with van der Waals surface area (Å²) in [5.74, 6) is -0.0479. The molecule has 29 heavy (non-hydrogen) atoms. The molecule has 2 amide bonds. The van der Waals surface area contributed by atoms with Crippen LogP contribution in [-0.4, -0.2) is 59.4 Å². The van der Waals surface area contributed by atoms with Crippen LogP contribution in [0.15, 0.2) is 54.7 Å². The fourth-order valence-electron chi connectivity index (χ4n) is 3.78. The van der Waals surface area contributed by atoms with Crippen LogP contribution in [0.1, 0.15) is 35.3 Å². The van der Waals surface area contributed by atoms with Gasteiger partial charge in [-0.1, -0.05) is 24.3 Å². The van der Waals surface area contributed by atoms with E-state index >= 15 is 0 Å². The molecule has 3 heterocycles. The molecule has 0 N–H and O–H groups in total. The van der Waals surface area contributed by atoms with Gasteiger partial charge in [0.15, 0.2) is 6.61 Å². The van der Waals surface area contributed by atoms with Crippen molar-refractivity contribution in [2.24, 2.45) is 0 Å². The Hall–Kier alpha value is -2.99. The van der Waals surface area contributed by atoms with Gasteiger partial charge in [0.2, 0.25) is 0 Å². The molecule has 150 valence electrons. The molecule has 6 nitrogen and oxygen atoms in total. The topological polar surface area (TPSA) is 62.7 Å². The lowest BCUT2D eigenvalue weighted by atomic mass is 10.0. The molecule has 4 rings (SSSR count). The number of carbonyl (C=O) groups excluding carboxylic acids is 2. The van der Waals surface area contributed by atoms with Gasteiger partial charge in [0.25, 0.3) is 11.8 Å². The number of imide groups is 1. The Labute approximate surface area is 170 Å². The van der Waals surface area contributed by atoms with Crippen LogP contribution >= 0.6 is 0 Å². The first-order valence-electron chi connectivity index (χ1n) is 10.1. The third-order valence-corrected chi connectivity index (χ3v) is 5.41. The number of nitrogens with zero attached hydrogens (tertiary/aromatic N) is 3. The Morgan fingerprint density at radius 1 is 1.00 bits per heavy atom. The van der Waals surface area contributed by atoms with E-state index in [4.69, 9.17) is 4.74 Å². The van der Waals surface area contributed by atoms with Gasteiger partial charge in [0, 0.05) is 25.8 Å².